The molecule has 5 rings (SSSR count). The number of methoxy groups -OCH3 is 2. The van der Waals surface area contributed by atoms with Crippen molar-refractivity contribution in [3.8, 4) is 0 Å². The van der Waals surface area contributed by atoms with Gasteiger partial charge < -0.3 is 28.4 Å². The van der Waals surface area contributed by atoms with Gasteiger partial charge in [-0.2, -0.15) is 0 Å². The monoisotopic (exact) mass is 322 g/mol. The zero-order valence-electron chi connectivity index (χ0n) is 12.8. The summed E-state index contributed by atoms with van der Waals surface area (Å²) in [6.07, 6.45) is -2.58. The van der Waals surface area contributed by atoms with E-state index in [1.54, 1.807) is 38.5 Å². The van der Waals surface area contributed by atoms with Crippen molar-refractivity contribution in [2.75, 3.05) is 14.2 Å². The summed E-state index contributed by atoms with van der Waals surface area (Å²) < 4.78 is 33.6. The number of hydrogen-bond acceptors (Lipinski definition) is 7. The third-order valence-electron chi connectivity index (χ3n) is 4.54. The highest BCUT2D eigenvalue weighted by molar-refractivity contribution is 5.89. The van der Waals surface area contributed by atoms with E-state index in [1.807, 2.05) is 6.07 Å². The summed E-state index contributed by atoms with van der Waals surface area (Å²) in [4.78, 5) is 12.4. The second kappa shape index (κ2) is 5.85. The van der Waals surface area contributed by atoms with Gasteiger partial charge in [-0.3, -0.25) is 0 Å². The van der Waals surface area contributed by atoms with Crippen LogP contribution >= 0.6 is 0 Å². The van der Waals surface area contributed by atoms with Crippen LogP contribution in [0.15, 0.2) is 30.3 Å². The molecule has 0 N–H and O–H groups in total. The number of benzene rings is 1. The van der Waals surface area contributed by atoms with Crippen molar-refractivity contribution in [2.45, 2.75) is 43.1 Å². The molecule has 1 aromatic carbocycles. The lowest BCUT2D eigenvalue weighted by Gasteiger charge is -2.57. The van der Waals surface area contributed by atoms with E-state index in [1.165, 1.54) is 0 Å². The average Bonchev–Trinajstić information content (AvgIpc) is 2.59. The van der Waals surface area contributed by atoms with Gasteiger partial charge in [-0.1, -0.05) is 18.2 Å². The lowest BCUT2D eigenvalue weighted by Crippen LogP contribution is -2.76. The van der Waals surface area contributed by atoms with Gasteiger partial charge in [-0.05, 0) is 12.1 Å². The largest absolute Gasteiger partial charge is 0.453 e. The highest BCUT2D eigenvalue weighted by Crippen LogP contribution is 2.43. The van der Waals surface area contributed by atoms with Gasteiger partial charge in [-0.25, -0.2) is 4.79 Å². The Bertz CT molecular complexity index is 555. The average molecular weight is 322 g/mol. The number of rotatable bonds is 4. The molecule has 4 fully saturated rings. The Morgan fingerprint density at radius 1 is 0.870 bits per heavy atom. The fourth-order valence-electron chi connectivity index (χ4n) is 3.50. The van der Waals surface area contributed by atoms with Crippen molar-refractivity contribution in [3.63, 3.8) is 0 Å². The minimum absolute atomic E-state index is 0.306. The zero-order valence-corrected chi connectivity index (χ0v) is 12.8. The van der Waals surface area contributed by atoms with E-state index in [2.05, 4.69) is 0 Å². The van der Waals surface area contributed by atoms with E-state index in [0.29, 0.717) is 5.56 Å². The number of hydrogen-bond donors (Lipinski definition) is 0. The summed E-state index contributed by atoms with van der Waals surface area (Å²) >= 11 is 0. The maximum Gasteiger partial charge on any atom is 0.338 e. The summed E-state index contributed by atoms with van der Waals surface area (Å²) in [5, 5.41) is 0. The van der Waals surface area contributed by atoms with Crippen LogP contribution in [-0.2, 0) is 28.4 Å². The summed E-state index contributed by atoms with van der Waals surface area (Å²) in [5.74, 6) is -0.430. The Morgan fingerprint density at radius 3 is 1.91 bits per heavy atom. The van der Waals surface area contributed by atoms with Gasteiger partial charge in [0.2, 0.25) is 0 Å². The molecule has 3 saturated heterocycles. The fraction of sp³-hybridized carbons (Fsp3) is 0.562. The van der Waals surface area contributed by atoms with Crippen molar-refractivity contribution >= 4 is 5.97 Å². The Labute approximate surface area is 133 Å². The molecule has 7 atom stereocenters. The minimum atomic E-state index is -0.764. The first-order valence-electron chi connectivity index (χ1n) is 7.51. The van der Waals surface area contributed by atoms with Crippen LogP contribution in [0.2, 0.25) is 0 Å². The molecule has 7 heteroatoms. The first kappa shape index (κ1) is 15.0. The second-order valence-corrected chi connectivity index (χ2v) is 5.73. The van der Waals surface area contributed by atoms with Gasteiger partial charge in [0.1, 0.15) is 30.5 Å². The first-order chi connectivity index (χ1) is 11.2. The van der Waals surface area contributed by atoms with E-state index in [-0.39, 0.29) is 18.3 Å². The Hall–Kier alpha value is -1.51. The number of carbonyl (C=O) groups is 1. The molecule has 7 nitrogen and oxygen atoms in total. The van der Waals surface area contributed by atoms with E-state index in [0.717, 1.165) is 0 Å². The number of carbonyl (C=O) groups excluding carboxylic acids is 1. The maximum atomic E-state index is 12.4. The molecule has 4 bridgehead atoms. The normalized spacial score (nSPS) is 41.0. The third kappa shape index (κ3) is 2.36. The van der Waals surface area contributed by atoms with Gasteiger partial charge in [0.15, 0.2) is 6.10 Å². The van der Waals surface area contributed by atoms with E-state index in [9.17, 15) is 4.79 Å². The van der Waals surface area contributed by atoms with Crippen LogP contribution in [0.25, 0.3) is 0 Å². The molecule has 1 saturated carbocycles. The maximum absolute atomic E-state index is 12.4. The molecule has 23 heavy (non-hydrogen) atoms. The van der Waals surface area contributed by atoms with Crippen LogP contribution in [0.3, 0.4) is 0 Å². The molecule has 3 aliphatic heterocycles. The standard InChI is InChI=1S/C16H18O7/c1-18-9-11-10(19-2)13-14(12(9)22-16(21-11)23-13)20-15(17)8-6-4-3-5-7-8/h3-7,9-14,16H,1-2H3/t9-,10+,11?,12+,13-,14?,16?. The number of esters is 1. The van der Waals surface area contributed by atoms with Gasteiger partial charge in [0.05, 0.1) is 5.56 Å². The van der Waals surface area contributed by atoms with Crippen molar-refractivity contribution in [1.29, 1.82) is 0 Å². The summed E-state index contributed by atoms with van der Waals surface area (Å²) in [7, 11) is 3.15. The lowest BCUT2D eigenvalue weighted by molar-refractivity contribution is -0.482. The van der Waals surface area contributed by atoms with Crippen LogP contribution in [0.4, 0.5) is 0 Å². The molecule has 1 aliphatic carbocycles. The Kier molecular flexibility index (Phi) is 3.82. The first-order valence-corrected chi connectivity index (χ1v) is 7.51. The number of ether oxygens (including phenoxy) is 6. The molecular formula is C16H18O7. The third-order valence-corrected chi connectivity index (χ3v) is 4.54. The second-order valence-electron chi connectivity index (χ2n) is 5.73. The van der Waals surface area contributed by atoms with Crippen molar-refractivity contribution in [1.82, 2.24) is 0 Å². The molecule has 0 spiro atoms. The van der Waals surface area contributed by atoms with Crippen LogP contribution in [0.1, 0.15) is 10.4 Å². The highest BCUT2D eigenvalue weighted by atomic mass is 16.9. The summed E-state index contributed by atoms with van der Waals surface area (Å²) in [6.45, 7) is -0.764. The van der Waals surface area contributed by atoms with E-state index in [4.69, 9.17) is 28.4 Å². The molecule has 3 heterocycles. The Morgan fingerprint density at radius 2 is 1.39 bits per heavy atom. The SMILES string of the molecule is CO[C@@H]1C2OC3O[C@@H]1C(OC(=O)c1ccccc1)[C@H](O3)[C@H]2OC. The topological polar surface area (TPSA) is 72.5 Å². The molecule has 3 unspecified atom stereocenters. The fourth-order valence-corrected chi connectivity index (χ4v) is 3.50. The quantitative estimate of drug-likeness (QED) is 0.756. The summed E-state index contributed by atoms with van der Waals surface area (Å²) in [6, 6.07) is 8.80. The van der Waals surface area contributed by atoms with Crippen molar-refractivity contribution in [3.05, 3.63) is 35.9 Å². The molecule has 124 valence electrons. The smallest absolute Gasteiger partial charge is 0.338 e. The minimum Gasteiger partial charge on any atom is -0.453 e. The summed E-state index contributed by atoms with van der Waals surface area (Å²) in [5.41, 5.74) is 0.473. The Balaban J connectivity index is 1.59. The van der Waals surface area contributed by atoms with E-state index < -0.39 is 30.8 Å². The predicted molar refractivity (Wildman–Crippen MR) is 75.6 cm³/mol. The highest BCUT2D eigenvalue weighted by Gasteiger charge is 2.64. The van der Waals surface area contributed by atoms with Crippen LogP contribution in [0, 0.1) is 0 Å². The van der Waals surface area contributed by atoms with Crippen LogP contribution in [0.5, 0.6) is 0 Å². The molecule has 0 aromatic heterocycles. The molecule has 1 aromatic rings. The van der Waals surface area contributed by atoms with Gasteiger partial charge in [0.25, 0.3) is 6.48 Å². The van der Waals surface area contributed by atoms with Crippen LogP contribution < -0.4 is 0 Å². The van der Waals surface area contributed by atoms with Crippen molar-refractivity contribution < 1.29 is 33.2 Å². The van der Waals surface area contributed by atoms with Crippen molar-refractivity contribution in [2.24, 2.45) is 0 Å². The zero-order chi connectivity index (χ0) is 16.0. The molecule has 0 amide bonds. The van der Waals surface area contributed by atoms with Gasteiger partial charge in [-0.15, -0.1) is 0 Å². The van der Waals surface area contributed by atoms with Crippen LogP contribution in [-0.4, -0.2) is 63.3 Å². The van der Waals surface area contributed by atoms with E-state index >= 15 is 0 Å². The molecule has 0 radical (unpaired) electrons. The lowest BCUT2D eigenvalue weighted by atomic mass is 9.82. The molecular weight excluding hydrogens is 304 g/mol. The molecule has 4 aliphatic rings. The predicted octanol–water partition coefficient (Wildman–Crippen LogP) is 0.722. The van der Waals surface area contributed by atoms with Gasteiger partial charge >= 0.3 is 5.97 Å². The van der Waals surface area contributed by atoms with Gasteiger partial charge in [0, 0.05) is 14.2 Å².